The third-order valence-electron chi connectivity index (χ3n) is 6.42. The molecular weight excluding hydrogens is 350 g/mol. The average Bonchev–Trinajstić information content (AvgIpc) is 3.34. The predicted molar refractivity (Wildman–Crippen MR) is 109 cm³/mol. The monoisotopic (exact) mass is 377 g/mol. The Balaban J connectivity index is 1.45. The summed E-state index contributed by atoms with van der Waals surface area (Å²) in [4.78, 5) is 15.7. The van der Waals surface area contributed by atoms with Gasteiger partial charge >= 0.3 is 0 Å². The minimum Gasteiger partial charge on any atom is -0.492 e. The number of nitrogens with zero attached hydrogens (tertiary/aromatic N) is 1. The third kappa shape index (κ3) is 2.74. The number of carbonyl (C=O) groups is 1. The maximum Gasteiger partial charge on any atom is 0.197 e. The van der Waals surface area contributed by atoms with Crippen molar-refractivity contribution in [3.05, 3.63) is 58.0 Å². The van der Waals surface area contributed by atoms with E-state index in [9.17, 15) is 4.79 Å². The van der Waals surface area contributed by atoms with Gasteiger partial charge < -0.3 is 9.15 Å². The zero-order chi connectivity index (χ0) is 19.3. The minimum absolute atomic E-state index is 0.0736. The first-order chi connectivity index (χ1) is 13.6. The number of likely N-dealkylation sites (tertiary alicyclic amines) is 1. The van der Waals surface area contributed by atoms with Crippen LogP contribution >= 0.6 is 0 Å². The molecular formula is C24H27NO3. The maximum atomic E-state index is 13.3. The molecule has 0 atom stereocenters. The Labute approximate surface area is 166 Å². The van der Waals surface area contributed by atoms with Crippen molar-refractivity contribution in [3.8, 4) is 5.75 Å². The molecule has 1 fully saturated rings. The molecule has 3 aliphatic rings. The Hall–Kier alpha value is -2.33. The number of carbonyl (C=O) groups excluding carboxylic acids is 1. The van der Waals surface area contributed by atoms with Crippen LogP contribution in [0.4, 0.5) is 0 Å². The highest BCUT2D eigenvalue weighted by atomic mass is 16.5. The third-order valence-corrected chi connectivity index (χ3v) is 6.42. The largest absolute Gasteiger partial charge is 0.492 e. The number of rotatable bonds is 4. The number of hydrogen-bond acceptors (Lipinski definition) is 4. The van der Waals surface area contributed by atoms with Crippen LogP contribution in [0, 0.1) is 0 Å². The molecule has 2 heterocycles. The summed E-state index contributed by atoms with van der Waals surface area (Å²) in [7, 11) is 0. The Morgan fingerprint density at radius 3 is 2.86 bits per heavy atom. The molecule has 5 rings (SSSR count). The molecule has 28 heavy (non-hydrogen) atoms. The van der Waals surface area contributed by atoms with Gasteiger partial charge in [-0.05, 0) is 70.0 Å². The summed E-state index contributed by atoms with van der Waals surface area (Å²) in [5, 5.41) is 0. The van der Waals surface area contributed by atoms with Gasteiger partial charge in [-0.2, -0.15) is 0 Å². The minimum atomic E-state index is -0.363. The van der Waals surface area contributed by atoms with Crippen molar-refractivity contribution in [3.63, 3.8) is 0 Å². The van der Waals surface area contributed by atoms with E-state index in [1.807, 2.05) is 18.2 Å². The van der Waals surface area contributed by atoms with Gasteiger partial charge in [-0.1, -0.05) is 12.2 Å². The van der Waals surface area contributed by atoms with Crippen molar-refractivity contribution in [2.75, 3.05) is 26.2 Å². The van der Waals surface area contributed by atoms with E-state index < -0.39 is 0 Å². The van der Waals surface area contributed by atoms with Gasteiger partial charge in [-0.25, -0.2) is 0 Å². The SMILES string of the molecule is CC1(C)c2cc(OCCN3CCCC3)ccc2C(=O)c2c1oc1c2C=CCC1. The predicted octanol–water partition coefficient (Wildman–Crippen LogP) is 4.58. The van der Waals surface area contributed by atoms with E-state index in [2.05, 4.69) is 30.9 Å². The van der Waals surface area contributed by atoms with E-state index in [-0.39, 0.29) is 11.2 Å². The fraction of sp³-hybridized carbons (Fsp3) is 0.458. The molecule has 0 saturated carbocycles. The van der Waals surface area contributed by atoms with Crippen molar-refractivity contribution in [2.24, 2.45) is 0 Å². The molecule has 2 aromatic rings. The topological polar surface area (TPSA) is 42.7 Å². The molecule has 0 spiro atoms. The molecule has 4 heteroatoms. The van der Waals surface area contributed by atoms with E-state index in [0.717, 1.165) is 58.9 Å². The van der Waals surface area contributed by atoms with Gasteiger partial charge in [0.05, 0.1) is 5.56 Å². The van der Waals surface area contributed by atoms with E-state index in [1.165, 1.54) is 25.9 Å². The lowest BCUT2D eigenvalue weighted by Gasteiger charge is -2.31. The van der Waals surface area contributed by atoms with Gasteiger partial charge in [0.15, 0.2) is 5.78 Å². The second kappa shape index (κ2) is 6.63. The van der Waals surface area contributed by atoms with E-state index in [4.69, 9.17) is 9.15 Å². The zero-order valence-electron chi connectivity index (χ0n) is 16.7. The van der Waals surface area contributed by atoms with Gasteiger partial charge in [0.25, 0.3) is 0 Å². The summed E-state index contributed by atoms with van der Waals surface area (Å²) in [6.45, 7) is 8.28. The summed E-state index contributed by atoms with van der Waals surface area (Å²) < 4.78 is 12.3. The van der Waals surface area contributed by atoms with Crippen LogP contribution in [0.25, 0.3) is 6.08 Å². The van der Waals surface area contributed by atoms with Crippen LogP contribution < -0.4 is 4.74 Å². The number of allylic oxidation sites excluding steroid dienone is 1. The van der Waals surface area contributed by atoms with Crippen molar-refractivity contribution in [2.45, 2.75) is 44.9 Å². The van der Waals surface area contributed by atoms with Crippen LogP contribution in [0.5, 0.6) is 5.75 Å². The Kier molecular flexibility index (Phi) is 4.20. The first kappa shape index (κ1) is 17.7. The van der Waals surface area contributed by atoms with Gasteiger partial charge in [-0.3, -0.25) is 9.69 Å². The van der Waals surface area contributed by atoms with Crippen LogP contribution in [0.2, 0.25) is 0 Å². The van der Waals surface area contributed by atoms with Gasteiger partial charge in [0.2, 0.25) is 0 Å². The molecule has 1 aromatic carbocycles. The summed E-state index contributed by atoms with van der Waals surface area (Å²) in [5.74, 6) is 2.66. The molecule has 146 valence electrons. The maximum absolute atomic E-state index is 13.3. The first-order valence-corrected chi connectivity index (χ1v) is 10.4. The lowest BCUT2D eigenvalue weighted by Crippen LogP contribution is -2.30. The number of fused-ring (bicyclic) bond motifs is 4. The number of ether oxygens (including phenoxy) is 1. The smallest absolute Gasteiger partial charge is 0.197 e. The molecule has 2 aliphatic carbocycles. The fourth-order valence-corrected chi connectivity index (χ4v) is 4.82. The van der Waals surface area contributed by atoms with Gasteiger partial charge in [-0.15, -0.1) is 0 Å². The van der Waals surface area contributed by atoms with Crippen LogP contribution in [-0.2, 0) is 11.8 Å². The lowest BCUT2D eigenvalue weighted by molar-refractivity contribution is 0.102. The highest BCUT2D eigenvalue weighted by Crippen LogP contribution is 2.46. The molecule has 4 nitrogen and oxygen atoms in total. The molecule has 0 amide bonds. The fourth-order valence-electron chi connectivity index (χ4n) is 4.82. The number of aryl methyl sites for hydroxylation is 1. The molecule has 1 saturated heterocycles. The summed E-state index contributed by atoms with van der Waals surface area (Å²) in [5.41, 5.74) is 3.14. The van der Waals surface area contributed by atoms with Crippen molar-refractivity contribution in [1.82, 2.24) is 4.90 Å². The quantitative estimate of drug-likeness (QED) is 0.782. The van der Waals surface area contributed by atoms with Gasteiger partial charge in [0.1, 0.15) is 23.9 Å². The summed E-state index contributed by atoms with van der Waals surface area (Å²) in [6.07, 6.45) is 8.60. The standard InChI is InChI=1S/C24H27NO3/c1-24(2)19-15-16(27-14-13-25-11-5-6-12-25)9-10-17(19)22(26)21-18-7-3-4-8-20(18)28-23(21)24/h3,7,9-10,15H,4-6,8,11-14H2,1-2H3. The number of hydrogen-bond donors (Lipinski definition) is 0. The molecule has 1 aliphatic heterocycles. The Morgan fingerprint density at radius 1 is 1.21 bits per heavy atom. The van der Waals surface area contributed by atoms with Crippen molar-refractivity contribution >= 4 is 11.9 Å². The second-order valence-corrected chi connectivity index (χ2v) is 8.64. The molecule has 0 radical (unpaired) electrons. The van der Waals surface area contributed by atoms with E-state index in [0.29, 0.717) is 6.61 Å². The molecule has 0 unspecified atom stereocenters. The zero-order valence-corrected chi connectivity index (χ0v) is 16.7. The number of furan rings is 1. The highest BCUT2D eigenvalue weighted by Gasteiger charge is 2.42. The number of ketones is 1. The van der Waals surface area contributed by atoms with Crippen LogP contribution in [0.3, 0.4) is 0 Å². The van der Waals surface area contributed by atoms with Crippen LogP contribution in [0.1, 0.15) is 71.7 Å². The lowest BCUT2D eigenvalue weighted by atomic mass is 9.71. The normalized spacial score (nSPS) is 20.0. The van der Waals surface area contributed by atoms with Gasteiger partial charge in [0, 0.05) is 29.5 Å². The van der Waals surface area contributed by atoms with Crippen molar-refractivity contribution in [1.29, 1.82) is 0 Å². The van der Waals surface area contributed by atoms with E-state index >= 15 is 0 Å². The molecule has 1 aromatic heterocycles. The van der Waals surface area contributed by atoms with Crippen molar-refractivity contribution < 1.29 is 13.9 Å². The Morgan fingerprint density at radius 2 is 2.04 bits per heavy atom. The van der Waals surface area contributed by atoms with Crippen LogP contribution in [0.15, 0.2) is 28.7 Å². The molecule has 0 N–H and O–H groups in total. The summed E-state index contributed by atoms with van der Waals surface area (Å²) >= 11 is 0. The van der Waals surface area contributed by atoms with Crippen LogP contribution in [-0.4, -0.2) is 36.9 Å². The first-order valence-electron chi connectivity index (χ1n) is 10.4. The second-order valence-electron chi connectivity index (χ2n) is 8.64. The highest BCUT2D eigenvalue weighted by molar-refractivity contribution is 6.15. The molecule has 0 bridgehead atoms. The Bertz CT molecular complexity index is 960. The number of benzene rings is 1. The van der Waals surface area contributed by atoms with E-state index in [1.54, 1.807) is 0 Å². The summed E-state index contributed by atoms with van der Waals surface area (Å²) in [6, 6.07) is 5.90. The average molecular weight is 377 g/mol.